The molecular formula is C20H23F2N. The van der Waals surface area contributed by atoms with Gasteiger partial charge >= 0.3 is 0 Å². The lowest BCUT2D eigenvalue weighted by atomic mass is 9.91. The molecule has 0 N–H and O–H groups in total. The van der Waals surface area contributed by atoms with E-state index in [9.17, 15) is 8.78 Å². The molecule has 1 aromatic rings. The largest absolute Gasteiger partial charge is 0.205 e. The Bertz CT molecular complexity index is 592. The minimum Gasteiger partial charge on any atom is -0.205 e. The fourth-order valence-electron chi connectivity index (χ4n) is 4.64. The molecule has 2 unspecified atom stereocenters. The third-order valence-corrected chi connectivity index (χ3v) is 5.88. The third-order valence-electron chi connectivity index (χ3n) is 5.88. The van der Waals surface area contributed by atoms with Crippen molar-refractivity contribution in [2.45, 2.75) is 50.9 Å². The lowest BCUT2D eigenvalue weighted by Crippen LogP contribution is -2.04. The summed E-state index contributed by atoms with van der Waals surface area (Å²) in [5, 5.41) is 8.79. The molecule has 0 radical (unpaired) electrons. The molecule has 122 valence electrons. The molecule has 3 rings (SSSR count). The zero-order chi connectivity index (χ0) is 16.4. The van der Waals surface area contributed by atoms with Crippen LogP contribution in [0.1, 0.15) is 62.0 Å². The van der Waals surface area contributed by atoms with Crippen LogP contribution in [-0.4, -0.2) is 0 Å². The highest BCUT2D eigenvalue weighted by atomic mass is 19.1. The number of hydrogen-bond donors (Lipinski definition) is 0. The van der Waals surface area contributed by atoms with Gasteiger partial charge in [-0.05, 0) is 86.3 Å². The van der Waals surface area contributed by atoms with Crippen LogP contribution in [0.2, 0.25) is 0 Å². The smallest absolute Gasteiger partial charge is 0.144 e. The van der Waals surface area contributed by atoms with Crippen molar-refractivity contribution < 1.29 is 8.78 Å². The zero-order valence-electron chi connectivity index (χ0n) is 13.4. The van der Waals surface area contributed by atoms with E-state index in [1.165, 1.54) is 37.8 Å². The Morgan fingerprint density at radius 1 is 1.09 bits per heavy atom. The van der Waals surface area contributed by atoms with Gasteiger partial charge in [0.1, 0.15) is 23.3 Å². The van der Waals surface area contributed by atoms with Crippen molar-refractivity contribution in [2.24, 2.45) is 17.8 Å². The van der Waals surface area contributed by atoms with Gasteiger partial charge in [0, 0.05) is 0 Å². The summed E-state index contributed by atoms with van der Waals surface area (Å²) < 4.78 is 27.7. The van der Waals surface area contributed by atoms with Crippen molar-refractivity contribution in [1.29, 1.82) is 5.26 Å². The first-order valence-corrected chi connectivity index (χ1v) is 8.62. The molecule has 0 heterocycles. The minimum atomic E-state index is -0.722. The quantitative estimate of drug-likeness (QED) is 0.655. The number of hydrogen-bond acceptors (Lipinski definition) is 1. The van der Waals surface area contributed by atoms with Gasteiger partial charge in [0.25, 0.3) is 0 Å². The van der Waals surface area contributed by atoms with E-state index in [4.69, 9.17) is 5.26 Å². The van der Waals surface area contributed by atoms with Crippen molar-refractivity contribution >= 4 is 0 Å². The van der Waals surface area contributed by atoms with E-state index in [1.54, 1.807) is 6.07 Å². The number of benzene rings is 1. The molecule has 0 saturated heterocycles. The molecule has 0 aromatic heterocycles. The molecule has 2 fully saturated rings. The number of nitrogens with zero attached hydrogens (tertiary/aromatic N) is 1. The van der Waals surface area contributed by atoms with Crippen LogP contribution in [0.5, 0.6) is 0 Å². The van der Waals surface area contributed by atoms with E-state index in [0.717, 1.165) is 30.7 Å². The van der Waals surface area contributed by atoms with Crippen LogP contribution in [0.3, 0.4) is 0 Å². The van der Waals surface area contributed by atoms with Gasteiger partial charge in [0.2, 0.25) is 0 Å². The fourth-order valence-corrected chi connectivity index (χ4v) is 4.64. The number of allylic oxidation sites excluding steroid dienone is 1. The summed E-state index contributed by atoms with van der Waals surface area (Å²) >= 11 is 0. The van der Waals surface area contributed by atoms with Crippen molar-refractivity contribution in [3.63, 3.8) is 0 Å². The van der Waals surface area contributed by atoms with Gasteiger partial charge < -0.3 is 0 Å². The average molecular weight is 315 g/mol. The molecule has 2 atom stereocenters. The van der Waals surface area contributed by atoms with Crippen LogP contribution < -0.4 is 0 Å². The van der Waals surface area contributed by atoms with Gasteiger partial charge in [0.15, 0.2) is 0 Å². The Hall–Kier alpha value is -1.69. The molecule has 0 aliphatic heterocycles. The third kappa shape index (κ3) is 3.32. The second-order valence-electron chi connectivity index (χ2n) is 7.20. The highest BCUT2D eigenvalue weighted by molar-refractivity contribution is 5.36. The van der Waals surface area contributed by atoms with E-state index in [2.05, 4.69) is 6.58 Å². The molecule has 1 nitrogen and oxygen atoms in total. The Labute approximate surface area is 137 Å². The normalized spacial score (nSPS) is 30.3. The number of nitriles is 1. The van der Waals surface area contributed by atoms with Gasteiger partial charge in [-0.1, -0.05) is 6.08 Å². The van der Waals surface area contributed by atoms with Gasteiger partial charge in [-0.3, -0.25) is 0 Å². The van der Waals surface area contributed by atoms with Crippen LogP contribution >= 0.6 is 0 Å². The Morgan fingerprint density at radius 2 is 1.65 bits per heavy atom. The summed E-state index contributed by atoms with van der Waals surface area (Å²) in [6.07, 6.45) is 10.1. The predicted molar refractivity (Wildman–Crippen MR) is 86.8 cm³/mol. The molecular weight excluding hydrogens is 292 g/mol. The summed E-state index contributed by atoms with van der Waals surface area (Å²) in [4.78, 5) is 0. The Morgan fingerprint density at radius 3 is 2.13 bits per heavy atom. The lowest BCUT2D eigenvalue weighted by Gasteiger charge is -2.15. The van der Waals surface area contributed by atoms with Crippen LogP contribution in [0.4, 0.5) is 8.78 Å². The summed E-state index contributed by atoms with van der Waals surface area (Å²) in [7, 11) is 0. The van der Waals surface area contributed by atoms with Crippen molar-refractivity contribution in [3.05, 3.63) is 47.5 Å². The van der Waals surface area contributed by atoms with Crippen molar-refractivity contribution in [1.82, 2.24) is 0 Å². The Balaban J connectivity index is 1.72. The maximum atomic E-state index is 13.9. The summed E-state index contributed by atoms with van der Waals surface area (Å²) in [6.45, 7) is 3.85. The first kappa shape index (κ1) is 16.2. The molecule has 2 aliphatic carbocycles. The number of halogens is 2. The monoisotopic (exact) mass is 315 g/mol. The van der Waals surface area contributed by atoms with Gasteiger partial charge in [0.05, 0.1) is 0 Å². The van der Waals surface area contributed by atoms with Gasteiger partial charge in [-0.25, -0.2) is 8.78 Å². The van der Waals surface area contributed by atoms with E-state index in [-0.39, 0.29) is 5.92 Å². The maximum absolute atomic E-state index is 13.9. The SMILES string of the molecule is C=CCC1CCC2CC(c3cc(F)c(C#N)c(F)c3)CC2CC1. The van der Waals surface area contributed by atoms with Crippen LogP contribution in [0.25, 0.3) is 0 Å². The minimum absolute atomic E-state index is 0.234. The first-order valence-electron chi connectivity index (χ1n) is 8.62. The second kappa shape index (κ2) is 6.83. The number of rotatable bonds is 3. The highest BCUT2D eigenvalue weighted by Gasteiger charge is 2.37. The van der Waals surface area contributed by atoms with Gasteiger partial charge in [-0.15, -0.1) is 6.58 Å². The fraction of sp³-hybridized carbons (Fsp3) is 0.550. The van der Waals surface area contributed by atoms with E-state index in [0.29, 0.717) is 11.8 Å². The topological polar surface area (TPSA) is 23.8 Å². The molecule has 1 aromatic carbocycles. The predicted octanol–water partition coefficient (Wildman–Crippen LogP) is 5.71. The average Bonchev–Trinajstić information content (AvgIpc) is 2.84. The molecule has 0 bridgehead atoms. The van der Waals surface area contributed by atoms with Crippen LogP contribution in [0.15, 0.2) is 24.8 Å². The first-order chi connectivity index (χ1) is 11.1. The van der Waals surface area contributed by atoms with Gasteiger partial charge in [-0.2, -0.15) is 5.26 Å². The van der Waals surface area contributed by atoms with Crippen molar-refractivity contribution in [3.8, 4) is 6.07 Å². The van der Waals surface area contributed by atoms with E-state index >= 15 is 0 Å². The maximum Gasteiger partial charge on any atom is 0.144 e. The molecule has 0 spiro atoms. The summed E-state index contributed by atoms with van der Waals surface area (Å²) in [5.41, 5.74) is 0.267. The summed E-state index contributed by atoms with van der Waals surface area (Å²) in [5.74, 6) is 0.911. The molecule has 2 saturated carbocycles. The zero-order valence-corrected chi connectivity index (χ0v) is 13.4. The Kier molecular flexibility index (Phi) is 4.80. The molecule has 23 heavy (non-hydrogen) atoms. The highest BCUT2D eigenvalue weighted by Crippen LogP contribution is 2.49. The standard InChI is InChI=1S/C20H23F2N/c1-2-3-13-4-6-14-8-16(9-15(14)7-5-13)17-10-19(21)18(12-23)20(22)11-17/h2,10-11,13-16H,1,3-9H2. The molecule has 2 aliphatic rings. The lowest BCUT2D eigenvalue weighted by molar-refractivity contribution is 0.367. The molecule has 3 heteroatoms. The number of fused-ring (bicyclic) bond motifs is 1. The van der Waals surface area contributed by atoms with Crippen molar-refractivity contribution in [2.75, 3.05) is 0 Å². The van der Waals surface area contributed by atoms with Crippen LogP contribution in [0, 0.1) is 40.7 Å². The second-order valence-corrected chi connectivity index (χ2v) is 7.20. The van der Waals surface area contributed by atoms with E-state index in [1.807, 2.05) is 6.08 Å². The van der Waals surface area contributed by atoms with Crippen LogP contribution in [-0.2, 0) is 0 Å². The van der Waals surface area contributed by atoms with E-state index < -0.39 is 17.2 Å². The summed E-state index contributed by atoms with van der Waals surface area (Å²) in [6, 6.07) is 4.34. The molecule has 0 amide bonds.